The summed E-state index contributed by atoms with van der Waals surface area (Å²) in [5.74, 6) is -6.13. The second-order valence-corrected chi connectivity index (χ2v) is 14.2. The molecule has 3 aliphatic carbocycles. The number of nitrogens with two attached hydrogens (primary N) is 1. The van der Waals surface area contributed by atoms with E-state index < -0.39 is 63.5 Å². The van der Waals surface area contributed by atoms with E-state index in [1.807, 2.05) is 64.0 Å². The van der Waals surface area contributed by atoms with Crippen LogP contribution < -0.4 is 10.5 Å². The molecule has 0 bridgehead atoms. The van der Waals surface area contributed by atoms with Gasteiger partial charge in [0.2, 0.25) is 5.78 Å². The van der Waals surface area contributed by atoms with E-state index in [2.05, 4.69) is 0 Å². The minimum absolute atomic E-state index is 0.0109. The summed E-state index contributed by atoms with van der Waals surface area (Å²) >= 11 is 0. The average Bonchev–Trinajstić information content (AvgIpc) is 2.93. The highest BCUT2D eigenvalue weighted by molar-refractivity contribution is 6.24. The Morgan fingerprint density at radius 1 is 1.07 bits per heavy atom. The van der Waals surface area contributed by atoms with Gasteiger partial charge in [0.05, 0.1) is 18.7 Å². The third kappa shape index (κ3) is 4.97. The molecule has 0 spiro atoms. The second-order valence-electron chi connectivity index (χ2n) is 14.2. The summed E-state index contributed by atoms with van der Waals surface area (Å²) in [6, 6.07) is 6.61. The largest absolute Gasteiger partial charge is 0.508 e. The Morgan fingerprint density at radius 3 is 2.26 bits per heavy atom. The van der Waals surface area contributed by atoms with Crippen molar-refractivity contribution < 1.29 is 39.5 Å². The monoisotopic (exact) mass is 633 g/mol. The van der Waals surface area contributed by atoms with E-state index in [4.69, 9.17) is 10.5 Å². The minimum Gasteiger partial charge on any atom is -0.508 e. The summed E-state index contributed by atoms with van der Waals surface area (Å²) in [4.78, 5) is 43.6. The van der Waals surface area contributed by atoms with Crippen molar-refractivity contribution >= 4 is 23.2 Å². The Bertz CT molecular complexity index is 1730. The van der Waals surface area contributed by atoms with E-state index in [0.717, 1.165) is 16.7 Å². The maximum atomic E-state index is 14.3. The Balaban J connectivity index is 1.81. The Kier molecular flexibility index (Phi) is 8.12. The van der Waals surface area contributed by atoms with Crippen LogP contribution in [-0.4, -0.2) is 94.6 Å². The molecule has 2 aromatic carbocycles. The molecule has 4 atom stereocenters. The van der Waals surface area contributed by atoms with Crippen LogP contribution in [0.1, 0.15) is 49.4 Å². The van der Waals surface area contributed by atoms with E-state index in [1.54, 1.807) is 21.2 Å². The van der Waals surface area contributed by atoms with Crippen molar-refractivity contribution in [1.29, 1.82) is 0 Å². The predicted molar refractivity (Wildman–Crippen MR) is 172 cm³/mol. The quantitative estimate of drug-likeness (QED) is 0.298. The van der Waals surface area contributed by atoms with Crippen LogP contribution in [0.5, 0.6) is 11.5 Å². The lowest BCUT2D eigenvalue weighted by Gasteiger charge is -2.50. The summed E-state index contributed by atoms with van der Waals surface area (Å²) in [6.45, 7) is 6.40. The Hall–Kier alpha value is -4.19. The molecular formula is C35H43N3O8. The number of aromatic hydroxyl groups is 1. The highest BCUT2D eigenvalue weighted by Gasteiger charge is 2.64. The SMILES string of the molecule is COc1cc(CN(C)C)cc(-c2cc(C(C)(C)C)c(O)c3c2CC2CC4C(N(C)C)C(=O)C(C(N)=O)=C(O)C4(O)C(=O)C2=C3O)c1. The summed E-state index contributed by atoms with van der Waals surface area (Å²) < 4.78 is 5.64. The number of hydrogen-bond acceptors (Lipinski definition) is 10. The molecule has 1 amide bonds. The lowest BCUT2D eigenvalue weighted by atomic mass is 9.57. The Morgan fingerprint density at radius 2 is 1.72 bits per heavy atom. The third-order valence-corrected chi connectivity index (χ3v) is 9.54. The van der Waals surface area contributed by atoms with E-state index in [9.17, 15) is 34.8 Å². The lowest BCUT2D eigenvalue weighted by Crippen LogP contribution is -2.65. The standard InChI is InChI=1S/C35H43N3O8/c1-34(2,3)23-14-20(17-9-16(15-37(4)5)10-19(11-17)46-8)21-12-18-13-22-27(38(6)7)30(41)26(33(36)44)32(43)35(22,45)31(42)24(18)29(40)25(21)28(23)39/h9-11,14,18,22,27,39-40,43,45H,12-13,15H2,1-8H3,(H2,36,44). The Labute approximate surface area is 268 Å². The van der Waals surface area contributed by atoms with Crippen molar-refractivity contribution in [2.24, 2.45) is 17.6 Å². The van der Waals surface area contributed by atoms with E-state index in [-0.39, 0.29) is 29.7 Å². The molecule has 0 saturated heterocycles. The molecule has 5 rings (SSSR count). The van der Waals surface area contributed by atoms with Crippen LogP contribution in [0.3, 0.4) is 0 Å². The fourth-order valence-electron chi connectivity index (χ4n) is 7.53. The van der Waals surface area contributed by atoms with Gasteiger partial charge < -0.3 is 35.8 Å². The fraction of sp³-hybridized carbons (Fsp3) is 0.457. The molecule has 4 unspecified atom stereocenters. The van der Waals surface area contributed by atoms with Crippen molar-refractivity contribution in [3.63, 3.8) is 0 Å². The number of ether oxygens (including phenoxy) is 1. The molecule has 0 aliphatic heterocycles. The maximum Gasteiger partial charge on any atom is 0.255 e. The van der Waals surface area contributed by atoms with Crippen molar-refractivity contribution in [3.8, 4) is 22.6 Å². The number of carbonyl (C=O) groups excluding carboxylic acids is 3. The van der Waals surface area contributed by atoms with Crippen molar-refractivity contribution in [2.45, 2.75) is 57.2 Å². The van der Waals surface area contributed by atoms with Crippen LogP contribution >= 0.6 is 0 Å². The summed E-state index contributed by atoms with van der Waals surface area (Å²) in [6.07, 6.45) is 0.194. The van der Waals surface area contributed by atoms with E-state index in [0.29, 0.717) is 23.4 Å². The third-order valence-electron chi connectivity index (χ3n) is 9.54. The first kappa shape index (κ1) is 33.2. The maximum absolute atomic E-state index is 14.3. The number of primary amides is 1. The molecular weight excluding hydrogens is 590 g/mol. The molecule has 0 radical (unpaired) electrons. The van der Waals surface area contributed by atoms with Gasteiger partial charge in [-0.2, -0.15) is 0 Å². The van der Waals surface area contributed by atoms with E-state index in [1.165, 1.54) is 4.90 Å². The second kappa shape index (κ2) is 11.3. The predicted octanol–water partition coefficient (Wildman–Crippen LogP) is 3.00. The van der Waals surface area contributed by atoms with Gasteiger partial charge in [-0.25, -0.2) is 0 Å². The number of hydrogen-bond donors (Lipinski definition) is 5. The molecule has 6 N–H and O–H groups in total. The number of phenolic OH excluding ortho intramolecular Hbond substituents is 1. The molecule has 11 nitrogen and oxygen atoms in total. The van der Waals surface area contributed by atoms with Gasteiger partial charge in [0, 0.05) is 23.6 Å². The number of Topliss-reactive ketones (excluding diaryl/α,β-unsaturated/α-hetero) is 2. The zero-order valence-electron chi connectivity index (χ0n) is 27.6. The first-order valence-electron chi connectivity index (χ1n) is 15.2. The van der Waals surface area contributed by atoms with Gasteiger partial charge in [-0.3, -0.25) is 19.3 Å². The first-order chi connectivity index (χ1) is 21.3. The van der Waals surface area contributed by atoms with Gasteiger partial charge in [-0.05, 0) is 98.9 Å². The zero-order valence-corrected chi connectivity index (χ0v) is 27.6. The molecule has 2 aromatic rings. The molecule has 1 saturated carbocycles. The van der Waals surface area contributed by atoms with Gasteiger partial charge in [-0.15, -0.1) is 0 Å². The van der Waals surface area contributed by atoms with Crippen LogP contribution in [-0.2, 0) is 32.8 Å². The van der Waals surface area contributed by atoms with Gasteiger partial charge in [0.1, 0.15) is 28.6 Å². The summed E-state index contributed by atoms with van der Waals surface area (Å²) in [5.41, 5.74) is 4.84. The summed E-state index contributed by atoms with van der Waals surface area (Å²) in [7, 11) is 8.65. The van der Waals surface area contributed by atoms with Gasteiger partial charge >= 0.3 is 0 Å². The number of aliphatic hydroxyl groups excluding tert-OH is 2. The number of fused-ring (bicyclic) bond motifs is 3. The van der Waals surface area contributed by atoms with Crippen LogP contribution in [0.15, 0.2) is 41.2 Å². The molecule has 0 heterocycles. The number of nitrogens with zero attached hydrogens (tertiary/aromatic N) is 2. The number of phenols is 1. The van der Waals surface area contributed by atoms with Gasteiger partial charge in [0.15, 0.2) is 11.4 Å². The van der Waals surface area contributed by atoms with E-state index >= 15 is 0 Å². The number of benzene rings is 2. The van der Waals surface area contributed by atoms with Gasteiger partial charge in [-0.1, -0.05) is 20.8 Å². The molecule has 246 valence electrons. The van der Waals surface area contributed by atoms with Crippen LogP contribution in [0.2, 0.25) is 0 Å². The van der Waals surface area contributed by atoms with Crippen molar-refractivity contribution in [2.75, 3.05) is 35.3 Å². The summed E-state index contributed by atoms with van der Waals surface area (Å²) in [5, 5.41) is 46.7. The van der Waals surface area contributed by atoms with Crippen molar-refractivity contribution in [1.82, 2.24) is 9.80 Å². The number of methoxy groups -OCH3 is 1. The number of ketones is 2. The number of carbonyl (C=O) groups is 3. The minimum atomic E-state index is -2.70. The zero-order chi connectivity index (χ0) is 34.2. The van der Waals surface area contributed by atoms with Crippen molar-refractivity contribution in [3.05, 3.63) is 63.4 Å². The number of aliphatic hydroxyl groups is 3. The molecule has 11 heteroatoms. The topological polar surface area (TPSA) is 174 Å². The molecule has 3 aliphatic rings. The number of amides is 1. The highest BCUT2D eigenvalue weighted by atomic mass is 16.5. The normalized spacial score (nSPS) is 24.7. The highest BCUT2D eigenvalue weighted by Crippen LogP contribution is 2.55. The molecule has 0 aromatic heterocycles. The van der Waals surface area contributed by atoms with Crippen LogP contribution in [0.25, 0.3) is 16.9 Å². The lowest BCUT2D eigenvalue weighted by molar-refractivity contribution is -0.153. The van der Waals surface area contributed by atoms with Crippen LogP contribution in [0, 0.1) is 11.8 Å². The number of rotatable bonds is 6. The molecule has 1 fully saturated rings. The first-order valence-corrected chi connectivity index (χ1v) is 15.2. The smallest absolute Gasteiger partial charge is 0.255 e. The molecule has 46 heavy (non-hydrogen) atoms. The fourth-order valence-corrected chi connectivity index (χ4v) is 7.53. The van der Waals surface area contributed by atoms with Crippen LogP contribution in [0.4, 0.5) is 0 Å². The number of likely N-dealkylation sites (N-methyl/N-ethyl adjacent to an activating group) is 1. The van der Waals surface area contributed by atoms with Gasteiger partial charge in [0.25, 0.3) is 5.91 Å². The average molecular weight is 634 g/mol.